The number of aliphatic hydroxyl groups excluding tert-OH is 4. The van der Waals surface area contributed by atoms with Gasteiger partial charge in [-0.2, -0.15) is 0 Å². The van der Waals surface area contributed by atoms with Crippen molar-refractivity contribution < 1.29 is 44.2 Å². The van der Waals surface area contributed by atoms with Crippen LogP contribution in [0.15, 0.2) is 85.1 Å². The molecule has 0 aromatic rings. The molecule has 1 aliphatic heterocycles. The number of esters is 1. The highest BCUT2D eigenvalue weighted by atomic mass is 16.7. The number of aliphatic hydroxyl groups is 4. The van der Waals surface area contributed by atoms with E-state index in [1.807, 2.05) is 0 Å². The van der Waals surface area contributed by atoms with Crippen LogP contribution in [0.5, 0.6) is 0 Å². The molecular weight excluding hydrogens is 805 g/mol. The molecule has 6 unspecified atom stereocenters. The van der Waals surface area contributed by atoms with E-state index in [1.165, 1.54) is 103 Å². The van der Waals surface area contributed by atoms with Gasteiger partial charge in [-0.3, -0.25) is 4.79 Å². The summed E-state index contributed by atoms with van der Waals surface area (Å²) in [6.45, 7) is 4.37. The molecule has 0 amide bonds. The van der Waals surface area contributed by atoms with Gasteiger partial charge in [-0.15, -0.1) is 0 Å². The molecule has 1 saturated heterocycles. The summed E-state index contributed by atoms with van der Waals surface area (Å²) in [5.41, 5.74) is 0. The molecule has 4 N–H and O–H groups in total. The lowest BCUT2D eigenvalue weighted by atomic mass is 9.99. The monoisotopic (exact) mass is 899 g/mol. The minimum atomic E-state index is -1.55. The third-order valence-electron chi connectivity index (χ3n) is 11.3. The largest absolute Gasteiger partial charge is 0.457 e. The molecule has 9 nitrogen and oxygen atoms in total. The third-order valence-corrected chi connectivity index (χ3v) is 11.3. The Balaban J connectivity index is 2.20. The van der Waals surface area contributed by atoms with Gasteiger partial charge in [0.05, 0.1) is 19.8 Å². The molecule has 368 valence electrons. The van der Waals surface area contributed by atoms with Crippen LogP contribution in [0.1, 0.15) is 194 Å². The van der Waals surface area contributed by atoms with Gasteiger partial charge in [-0.1, -0.05) is 182 Å². The van der Waals surface area contributed by atoms with Crippen molar-refractivity contribution in [1.82, 2.24) is 0 Å². The van der Waals surface area contributed by atoms with Gasteiger partial charge in [-0.25, -0.2) is 0 Å². The second-order valence-electron chi connectivity index (χ2n) is 17.2. The van der Waals surface area contributed by atoms with Crippen LogP contribution in [0.25, 0.3) is 0 Å². The molecule has 1 heterocycles. The van der Waals surface area contributed by atoms with Crippen LogP contribution in [-0.4, -0.2) is 89.6 Å². The maximum absolute atomic E-state index is 12.8. The molecule has 0 saturated carbocycles. The summed E-state index contributed by atoms with van der Waals surface area (Å²) in [6, 6.07) is 0. The van der Waals surface area contributed by atoms with Crippen LogP contribution in [0.3, 0.4) is 0 Å². The molecule has 0 bridgehead atoms. The van der Waals surface area contributed by atoms with Crippen molar-refractivity contribution in [3.63, 3.8) is 0 Å². The Labute approximate surface area is 390 Å². The number of unbranched alkanes of at least 4 members (excludes halogenated alkanes) is 18. The smallest absolute Gasteiger partial charge is 0.306 e. The third kappa shape index (κ3) is 35.6. The van der Waals surface area contributed by atoms with E-state index in [0.29, 0.717) is 13.0 Å². The average molecular weight is 899 g/mol. The van der Waals surface area contributed by atoms with Crippen molar-refractivity contribution in [2.45, 2.75) is 230 Å². The zero-order valence-electron chi connectivity index (χ0n) is 40.5. The van der Waals surface area contributed by atoms with Gasteiger partial charge in [0.1, 0.15) is 30.5 Å². The highest BCUT2D eigenvalue weighted by Crippen LogP contribution is 2.22. The van der Waals surface area contributed by atoms with Crippen LogP contribution in [0, 0.1) is 0 Å². The van der Waals surface area contributed by atoms with E-state index in [9.17, 15) is 25.2 Å². The highest BCUT2D eigenvalue weighted by molar-refractivity contribution is 5.69. The van der Waals surface area contributed by atoms with Crippen molar-refractivity contribution in [2.24, 2.45) is 0 Å². The van der Waals surface area contributed by atoms with Crippen molar-refractivity contribution in [3.8, 4) is 0 Å². The molecule has 1 fully saturated rings. The van der Waals surface area contributed by atoms with Gasteiger partial charge in [0.15, 0.2) is 6.29 Å². The minimum absolute atomic E-state index is 0.121. The van der Waals surface area contributed by atoms with Crippen molar-refractivity contribution in [2.75, 3.05) is 26.4 Å². The van der Waals surface area contributed by atoms with Crippen LogP contribution >= 0.6 is 0 Å². The predicted molar refractivity (Wildman–Crippen MR) is 265 cm³/mol. The van der Waals surface area contributed by atoms with Crippen molar-refractivity contribution in [3.05, 3.63) is 85.1 Å². The van der Waals surface area contributed by atoms with E-state index >= 15 is 0 Å². The van der Waals surface area contributed by atoms with E-state index in [2.05, 4.69) is 98.9 Å². The number of carbonyl (C=O) groups is 1. The van der Waals surface area contributed by atoms with Crippen LogP contribution in [0.2, 0.25) is 0 Å². The van der Waals surface area contributed by atoms with Crippen LogP contribution in [-0.2, 0) is 23.7 Å². The van der Waals surface area contributed by atoms with Gasteiger partial charge >= 0.3 is 5.97 Å². The van der Waals surface area contributed by atoms with E-state index < -0.39 is 43.4 Å². The normalized spacial score (nSPS) is 20.2. The number of rotatable bonds is 43. The minimum Gasteiger partial charge on any atom is -0.457 e. The van der Waals surface area contributed by atoms with Crippen LogP contribution in [0.4, 0.5) is 0 Å². The Kier molecular flexibility index (Phi) is 42.2. The summed E-state index contributed by atoms with van der Waals surface area (Å²) in [7, 11) is 0. The SMILES string of the molecule is CC/C=C\C/C=C\C/C=C\C/C=C\CCCCC(=O)OC(COCCCCCCCCCCCCC/C=C\C/C=C\C/C=C\CCCCCCC)COC1OC(CO)C(O)C(O)C1O. The number of hydrogen-bond acceptors (Lipinski definition) is 9. The molecule has 64 heavy (non-hydrogen) atoms. The van der Waals surface area contributed by atoms with Crippen LogP contribution < -0.4 is 0 Å². The maximum Gasteiger partial charge on any atom is 0.306 e. The lowest BCUT2D eigenvalue weighted by Crippen LogP contribution is -2.59. The first-order valence-corrected chi connectivity index (χ1v) is 25.7. The van der Waals surface area contributed by atoms with E-state index in [1.54, 1.807) is 0 Å². The molecule has 0 radical (unpaired) electrons. The lowest BCUT2D eigenvalue weighted by Gasteiger charge is -2.39. The summed E-state index contributed by atoms with van der Waals surface area (Å²) >= 11 is 0. The standard InChI is InChI=1S/C55H94O9/c1-3-5-7-9-11-13-15-17-19-20-21-22-23-24-25-26-27-28-29-31-33-35-37-39-41-43-45-61-47-49(48-62-55-54(60)53(59)52(58)50(46-56)64-55)63-51(57)44-42-40-38-36-34-32-30-18-16-14-12-10-8-6-4-2/h6,8,12,14-15,17-18,20-21,23-24,30,34,36,49-50,52-56,58-60H,3-5,7,9-11,13,16,19,22,25-29,31-33,35,37-48H2,1-2H3/b8-6-,14-12-,17-15-,21-20-,24-23-,30-18-,36-34-. The second-order valence-corrected chi connectivity index (χ2v) is 17.2. The van der Waals surface area contributed by atoms with Crippen molar-refractivity contribution >= 4 is 5.97 Å². The van der Waals surface area contributed by atoms with Gasteiger partial charge in [0, 0.05) is 13.0 Å². The van der Waals surface area contributed by atoms with Crippen molar-refractivity contribution in [1.29, 1.82) is 0 Å². The quantitative estimate of drug-likeness (QED) is 0.0268. The summed E-state index contributed by atoms with van der Waals surface area (Å²) in [5, 5.41) is 40.2. The second kappa shape index (κ2) is 45.5. The number of allylic oxidation sites excluding steroid dienone is 14. The average Bonchev–Trinajstić information content (AvgIpc) is 3.30. The Hall–Kier alpha value is -2.63. The fourth-order valence-corrected chi connectivity index (χ4v) is 7.31. The molecule has 0 aliphatic carbocycles. The molecule has 0 aromatic carbocycles. The van der Waals surface area contributed by atoms with E-state index in [0.717, 1.165) is 64.2 Å². The number of hydrogen-bond donors (Lipinski definition) is 4. The van der Waals surface area contributed by atoms with E-state index in [4.69, 9.17) is 18.9 Å². The summed E-state index contributed by atoms with van der Waals surface area (Å²) < 4.78 is 22.8. The molecule has 0 aromatic heterocycles. The first-order valence-electron chi connectivity index (χ1n) is 25.7. The highest BCUT2D eigenvalue weighted by Gasteiger charge is 2.44. The molecule has 1 rings (SSSR count). The molecule has 6 atom stereocenters. The zero-order chi connectivity index (χ0) is 46.4. The Morgan fingerprint density at radius 2 is 0.953 bits per heavy atom. The van der Waals surface area contributed by atoms with E-state index in [-0.39, 0.29) is 25.6 Å². The number of ether oxygens (including phenoxy) is 4. The fraction of sp³-hybridized carbons (Fsp3) is 0.727. The lowest BCUT2D eigenvalue weighted by molar-refractivity contribution is -0.305. The Bertz CT molecular complexity index is 1250. The zero-order valence-corrected chi connectivity index (χ0v) is 40.5. The van der Waals surface area contributed by atoms with Gasteiger partial charge in [-0.05, 0) is 89.9 Å². The summed E-state index contributed by atoms with van der Waals surface area (Å²) in [4.78, 5) is 12.8. The molecule has 1 aliphatic rings. The molecule has 9 heteroatoms. The first-order chi connectivity index (χ1) is 31.4. The number of carbonyl (C=O) groups excluding carboxylic acids is 1. The first kappa shape index (κ1) is 59.4. The summed E-state index contributed by atoms with van der Waals surface area (Å²) in [5.74, 6) is -0.357. The Morgan fingerprint density at radius 3 is 1.44 bits per heavy atom. The summed E-state index contributed by atoms with van der Waals surface area (Å²) in [6.07, 6.45) is 54.8. The Morgan fingerprint density at radius 1 is 0.516 bits per heavy atom. The van der Waals surface area contributed by atoms with Gasteiger partial charge < -0.3 is 39.4 Å². The molecule has 0 spiro atoms. The van der Waals surface area contributed by atoms with Gasteiger partial charge in [0.25, 0.3) is 0 Å². The van der Waals surface area contributed by atoms with Gasteiger partial charge in [0.2, 0.25) is 0 Å². The predicted octanol–water partition coefficient (Wildman–Crippen LogP) is 12.6. The topological polar surface area (TPSA) is 135 Å². The maximum atomic E-state index is 12.8. The molecular formula is C55H94O9. The fourth-order valence-electron chi connectivity index (χ4n) is 7.31.